The Bertz CT molecular complexity index is 380. The number of H-pyrrole nitrogens is 1. The van der Waals surface area contributed by atoms with E-state index in [-0.39, 0.29) is 0 Å². The van der Waals surface area contributed by atoms with E-state index in [1.807, 2.05) is 23.0 Å². The quantitative estimate of drug-likeness (QED) is 0.708. The molecule has 0 unspecified atom stereocenters. The number of rotatable bonds is 1. The lowest BCUT2D eigenvalue weighted by molar-refractivity contribution is 0.529. The Balaban J connectivity index is 0.000000162. The van der Waals surface area contributed by atoms with Gasteiger partial charge in [-0.1, -0.05) is 0 Å². The van der Waals surface area contributed by atoms with Gasteiger partial charge in [-0.2, -0.15) is 10.2 Å². The first-order valence-corrected chi connectivity index (χ1v) is 6.61. The van der Waals surface area contributed by atoms with Gasteiger partial charge in [0.1, 0.15) is 3.70 Å². The summed E-state index contributed by atoms with van der Waals surface area (Å²) in [4.78, 5) is 0. The summed E-state index contributed by atoms with van der Waals surface area (Å²) in [6.07, 6.45) is 3.72. The zero-order valence-electron chi connectivity index (χ0n) is 8.48. The lowest BCUT2D eigenvalue weighted by atomic mass is 10.4. The molecule has 0 aliphatic rings. The van der Waals surface area contributed by atoms with Crippen LogP contribution in [0.15, 0.2) is 24.5 Å². The highest BCUT2D eigenvalue weighted by Gasteiger charge is 1.96. The first kappa shape index (κ1) is 12.9. The molecule has 0 bridgehead atoms. The fourth-order valence-electron chi connectivity index (χ4n) is 0.841. The highest BCUT2D eigenvalue weighted by molar-refractivity contribution is 14.1. The second kappa shape index (κ2) is 6.46. The molecule has 0 aliphatic carbocycles. The van der Waals surface area contributed by atoms with E-state index in [0.29, 0.717) is 6.04 Å². The average molecular weight is 430 g/mol. The van der Waals surface area contributed by atoms with Crippen molar-refractivity contribution in [3.05, 3.63) is 31.9 Å². The molecule has 0 saturated carbocycles. The van der Waals surface area contributed by atoms with E-state index in [1.54, 1.807) is 6.20 Å². The Labute approximate surface area is 116 Å². The maximum atomic E-state index is 4.21. The van der Waals surface area contributed by atoms with Crippen molar-refractivity contribution in [1.82, 2.24) is 20.0 Å². The van der Waals surface area contributed by atoms with Crippen LogP contribution in [0.4, 0.5) is 0 Å². The molecule has 0 atom stereocenters. The molecule has 2 aromatic heterocycles. The van der Waals surface area contributed by atoms with Crippen molar-refractivity contribution < 1.29 is 0 Å². The summed E-state index contributed by atoms with van der Waals surface area (Å²) in [6, 6.07) is 4.38. The smallest absolute Gasteiger partial charge is 0.123 e. The van der Waals surface area contributed by atoms with Crippen LogP contribution >= 0.6 is 45.2 Å². The van der Waals surface area contributed by atoms with Crippen LogP contribution < -0.4 is 0 Å². The highest BCUT2D eigenvalue weighted by Crippen LogP contribution is 2.05. The van der Waals surface area contributed by atoms with E-state index >= 15 is 0 Å². The van der Waals surface area contributed by atoms with Gasteiger partial charge in [0.2, 0.25) is 0 Å². The van der Waals surface area contributed by atoms with E-state index in [4.69, 9.17) is 0 Å². The van der Waals surface area contributed by atoms with Crippen LogP contribution in [0, 0.1) is 7.40 Å². The Morgan fingerprint density at radius 1 is 1.33 bits per heavy atom. The van der Waals surface area contributed by atoms with Gasteiger partial charge < -0.3 is 0 Å². The molecule has 0 fully saturated rings. The van der Waals surface area contributed by atoms with Crippen LogP contribution in [-0.2, 0) is 0 Å². The topological polar surface area (TPSA) is 46.5 Å². The summed E-state index contributed by atoms with van der Waals surface area (Å²) in [5.41, 5.74) is 0. The standard InChI is InChI=1S/C6H9IN2.C3H3IN2/c1-5(2)9-4-3-6(7)8-9;4-3-1-2-5-6-3/h3-5H,1-2H3;1-2H,(H,5,6). The first-order chi connectivity index (χ1) is 7.09. The van der Waals surface area contributed by atoms with Gasteiger partial charge in [0.05, 0.1) is 3.70 Å². The Hall–Kier alpha value is -0.120. The van der Waals surface area contributed by atoms with Crippen LogP contribution in [0.3, 0.4) is 0 Å². The van der Waals surface area contributed by atoms with Gasteiger partial charge in [0, 0.05) is 18.4 Å². The molecule has 15 heavy (non-hydrogen) atoms. The van der Waals surface area contributed by atoms with Crippen LogP contribution in [0.5, 0.6) is 0 Å². The molecule has 0 aliphatic heterocycles. The maximum Gasteiger partial charge on any atom is 0.123 e. The number of nitrogens with one attached hydrogen (secondary N) is 1. The Kier molecular flexibility index (Phi) is 5.58. The number of hydrogen-bond donors (Lipinski definition) is 1. The van der Waals surface area contributed by atoms with Crippen molar-refractivity contribution in [3.8, 4) is 0 Å². The zero-order chi connectivity index (χ0) is 11.3. The average Bonchev–Trinajstić information content (AvgIpc) is 2.77. The number of hydrogen-bond acceptors (Lipinski definition) is 2. The lowest BCUT2D eigenvalue weighted by Gasteiger charge is -2.02. The lowest BCUT2D eigenvalue weighted by Crippen LogP contribution is -2.00. The number of aromatic amines is 1. The minimum Gasteiger partial charge on any atom is -0.272 e. The molecule has 4 nitrogen and oxygen atoms in total. The van der Waals surface area contributed by atoms with Crippen LogP contribution in [-0.4, -0.2) is 20.0 Å². The summed E-state index contributed by atoms with van der Waals surface area (Å²) in [6.45, 7) is 4.23. The molecule has 0 radical (unpaired) electrons. The van der Waals surface area contributed by atoms with Gasteiger partial charge in [-0.3, -0.25) is 9.78 Å². The number of halogens is 2. The van der Waals surface area contributed by atoms with Gasteiger partial charge in [-0.05, 0) is 71.2 Å². The van der Waals surface area contributed by atoms with Crippen LogP contribution in [0.2, 0.25) is 0 Å². The molecule has 6 heteroatoms. The molecular formula is C9H12I2N4. The van der Waals surface area contributed by atoms with Gasteiger partial charge in [-0.25, -0.2) is 0 Å². The molecule has 0 aromatic carbocycles. The van der Waals surface area contributed by atoms with Gasteiger partial charge >= 0.3 is 0 Å². The minimum absolute atomic E-state index is 0.480. The van der Waals surface area contributed by atoms with Crippen molar-refractivity contribution in [2.45, 2.75) is 19.9 Å². The third-order valence-corrected chi connectivity index (χ3v) is 2.75. The summed E-state index contributed by atoms with van der Waals surface area (Å²) < 4.78 is 4.08. The summed E-state index contributed by atoms with van der Waals surface area (Å²) in [5, 5.41) is 10.6. The molecule has 1 N–H and O–H groups in total. The molecule has 2 heterocycles. The predicted octanol–water partition coefficient (Wildman–Crippen LogP) is 3.08. The van der Waals surface area contributed by atoms with Crippen molar-refractivity contribution in [1.29, 1.82) is 0 Å². The molecule has 0 amide bonds. The summed E-state index contributed by atoms with van der Waals surface area (Å²) in [5.74, 6) is 0. The second-order valence-corrected chi connectivity index (χ2v) is 5.38. The SMILES string of the molecule is CC(C)n1ccc(I)n1.Ic1ccn[nH]1. The summed E-state index contributed by atoms with van der Waals surface area (Å²) >= 11 is 4.36. The minimum atomic E-state index is 0.480. The third-order valence-electron chi connectivity index (χ3n) is 1.57. The molecule has 82 valence electrons. The van der Waals surface area contributed by atoms with Crippen molar-refractivity contribution in [2.75, 3.05) is 0 Å². The molecular weight excluding hydrogens is 418 g/mol. The van der Waals surface area contributed by atoms with E-state index in [2.05, 4.69) is 74.3 Å². The zero-order valence-corrected chi connectivity index (χ0v) is 12.8. The second-order valence-electron chi connectivity index (χ2n) is 3.12. The van der Waals surface area contributed by atoms with Gasteiger partial charge in [0.15, 0.2) is 0 Å². The van der Waals surface area contributed by atoms with Gasteiger partial charge in [-0.15, -0.1) is 0 Å². The Morgan fingerprint density at radius 2 is 2.07 bits per heavy atom. The number of nitrogens with zero attached hydrogens (tertiary/aromatic N) is 3. The van der Waals surface area contributed by atoms with Crippen molar-refractivity contribution in [2.24, 2.45) is 0 Å². The van der Waals surface area contributed by atoms with E-state index in [0.717, 1.165) is 7.40 Å². The third kappa shape index (κ3) is 4.96. The first-order valence-electron chi connectivity index (χ1n) is 4.45. The fourth-order valence-corrected chi connectivity index (χ4v) is 1.55. The normalized spacial score (nSPS) is 9.93. The fraction of sp³-hybridized carbons (Fsp3) is 0.333. The van der Waals surface area contributed by atoms with Gasteiger partial charge in [0.25, 0.3) is 0 Å². The molecule has 2 rings (SSSR count). The van der Waals surface area contributed by atoms with E-state index in [1.165, 1.54) is 0 Å². The molecule has 2 aromatic rings. The number of aromatic nitrogens is 4. The summed E-state index contributed by atoms with van der Waals surface area (Å²) in [7, 11) is 0. The maximum absolute atomic E-state index is 4.21. The molecule has 0 saturated heterocycles. The van der Waals surface area contributed by atoms with E-state index in [9.17, 15) is 0 Å². The molecule has 0 spiro atoms. The predicted molar refractivity (Wildman–Crippen MR) is 76.6 cm³/mol. The monoisotopic (exact) mass is 430 g/mol. The van der Waals surface area contributed by atoms with Crippen molar-refractivity contribution in [3.63, 3.8) is 0 Å². The van der Waals surface area contributed by atoms with Crippen LogP contribution in [0.1, 0.15) is 19.9 Å². The Morgan fingerprint density at radius 3 is 2.27 bits per heavy atom. The highest BCUT2D eigenvalue weighted by atomic mass is 127. The van der Waals surface area contributed by atoms with Crippen LogP contribution in [0.25, 0.3) is 0 Å². The largest absolute Gasteiger partial charge is 0.272 e. The van der Waals surface area contributed by atoms with E-state index < -0.39 is 0 Å². The van der Waals surface area contributed by atoms with Crippen molar-refractivity contribution >= 4 is 45.2 Å².